The minimum absolute atomic E-state index is 0.0981. The van der Waals surface area contributed by atoms with E-state index >= 15 is 0 Å². The summed E-state index contributed by atoms with van der Waals surface area (Å²) < 4.78 is 46.8. The molecule has 4 aromatic rings. The topological polar surface area (TPSA) is 103 Å². The number of rotatable bonds is 12. The highest BCUT2D eigenvalue weighted by Crippen LogP contribution is 2.28. The van der Waals surface area contributed by atoms with Crippen molar-refractivity contribution in [3.05, 3.63) is 94.4 Å². The van der Waals surface area contributed by atoms with Gasteiger partial charge in [0.2, 0.25) is 0 Å². The van der Waals surface area contributed by atoms with E-state index in [1.165, 1.54) is 13.2 Å². The lowest BCUT2D eigenvalue weighted by Crippen LogP contribution is -2.53. The smallest absolute Gasteiger partial charge is 0.407 e. The van der Waals surface area contributed by atoms with E-state index in [-0.39, 0.29) is 35.9 Å². The Morgan fingerprint density at radius 3 is 2.49 bits per heavy atom. The first-order valence-electron chi connectivity index (χ1n) is 13.9. The molecular formula is C32H36F2N4O5. The molecule has 43 heavy (non-hydrogen) atoms. The average molecular weight is 595 g/mol. The van der Waals surface area contributed by atoms with Crippen molar-refractivity contribution < 1.29 is 32.6 Å². The van der Waals surface area contributed by atoms with Gasteiger partial charge in [-0.15, -0.1) is 0 Å². The number of halogens is 2. The second kappa shape index (κ2) is 13.5. The molecule has 2 aromatic heterocycles. The number of hydrogen-bond acceptors (Lipinski definition) is 6. The maximum absolute atomic E-state index is 14.7. The van der Waals surface area contributed by atoms with Gasteiger partial charge in [-0.3, -0.25) is 9.20 Å². The van der Waals surface area contributed by atoms with Crippen LogP contribution in [0, 0.1) is 25.5 Å². The van der Waals surface area contributed by atoms with E-state index in [9.17, 15) is 18.4 Å². The molecule has 0 aliphatic rings. The molecule has 9 nitrogen and oxygen atoms in total. The number of carbonyl (C=O) groups is 2. The summed E-state index contributed by atoms with van der Waals surface area (Å²) >= 11 is 0. The number of hydrogen-bond donors (Lipinski definition) is 2. The highest BCUT2D eigenvalue weighted by atomic mass is 19.1. The van der Waals surface area contributed by atoms with Crippen LogP contribution in [-0.2, 0) is 18.0 Å². The van der Waals surface area contributed by atoms with Gasteiger partial charge in [0, 0.05) is 12.7 Å². The molecule has 2 aromatic carbocycles. The van der Waals surface area contributed by atoms with Crippen molar-refractivity contribution in [1.29, 1.82) is 0 Å². The summed E-state index contributed by atoms with van der Waals surface area (Å²) in [6, 6.07) is 13.3. The van der Waals surface area contributed by atoms with Crippen molar-refractivity contribution in [2.75, 3.05) is 13.7 Å². The number of alkyl carbamates (subject to hydrolysis) is 1. The van der Waals surface area contributed by atoms with Crippen LogP contribution in [0.15, 0.2) is 54.7 Å². The van der Waals surface area contributed by atoms with Gasteiger partial charge in [-0.2, -0.15) is 0 Å². The molecule has 0 bridgehead atoms. The second-order valence-corrected chi connectivity index (χ2v) is 10.6. The van der Waals surface area contributed by atoms with E-state index in [2.05, 4.69) is 15.6 Å². The van der Waals surface area contributed by atoms with Gasteiger partial charge < -0.3 is 24.8 Å². The maximum atomic E-state index is 14.7. The van der Waals surface area contributed by atoms with Gasteiger partial charge >= 0.3 is 6.09 Å². The lowest BCUT2D eigenvalue weighted by Gasteiger charge is -2.30. The van der Waals surface area contributed by atoms with Crippen LogP contribution < -0.4 is 20.1 Å². The molecule has 2 amide bonds. The van der Waals surface area contributed by atoms with Gasteiger partial charge in [0.05, 0.1) is 23.9 Å². The van der Waals surface area contributed by atoms with Gasteiger partial charge in [-0.25, -0.2) is 18.6 Å². The summed E-state index contributed by atoms with van der Waals surface area (Å²) in [5.41, 5.74) is 1.55. The van der Waals surface area contributed by atoms with Gasteiger partial charge in [-0.1, -0.05) is 43.7 Å². The van der Waals surface area contributed by atoms with Gasteiger partial charge in [-0.05, 0) is 56.5 Å². The number of nitrogens with one attached hydrogen (secondary N) is 2. The third kappa shape index (κ3) is 7.40. The number of carbonyl (C=O) groups excluding carboxylic acids is 2. The molecular weight excluding hydrogens is 558 g/mol. The lowest BCUT2D eigenvalue weighted by molar-refractivity contribution is 0.0921. The van der Waals surface area contributed by atoms with E-state index < -0.39 is 35.8 Å². The Hall–Kier alpha value is -4.67. The quantitative estimate of drug-likeness (QED) is 0.208. The summed E-state index contributed by atoms with van der Waals surface area (Å²) in [5, 5.41) is 5.82. The van der Waals surface area contributed by atoms with Crippen LogP contribution in [0.4, 0.5) is 13.6 Å². The molecule has 1 unspecified atom stereocenters. The SMILES string of the molecule is CCCC(C)(CNC(=O)c1c(C)nc2c(OCc3c(F)ccc(OC)c3F)cc(C)cn12)NC(=O)OCc1ccccc1. The second-order valence-electron chi connectivity index (χ2n) is 10.6. The Morgan fingerprint density at radius 1 is 1.05 bits per heavy atom. The molecule has 0 aliphatic carbocycles. The van der Waals surface area contributed by atoms with Crippen LogP contribution in [0.3, 0.4) is 0 Å². The minimum atomic E-state index is -0.849. The first kappa shape index (κ1) is 31.3. The van der Waals surface area contributed by atoms with Crippen LogP contribution >= 0.6 is 0 Å². The third-order valence-corrected chi connectivity index (χ3v) is 7.01. The first-order chi connectivity index (χ1) is 20.5. The van der Waals surface area contributed by atoms with Crippen LogP contribution in [0.1, 0.15) is 59.6 Å². The van der Waals surface area contributed by atoms with Crippen molar-refractivity contribution in [2.45, 2.75) is 59.3 Å². The molecule has 0 radical (unpaired) electrons. The molecule has 1 atom stereocenters. The number of benzene rings is 2. The Morgan fingerprint density at radius 2 is 1.79 bits per heavy atom. The van der Waals surface area contributed by atoms with Crippen LogP contribution in [0.2, 0.25) is 0 Å². The monoisotopic (exact) mass is 594 g/mol. The standard InChI is InChI=1S/C32H36F2N4O5/c1-6-14-32(4,37-31(40)43-17-22-10-8-7-9-11-22)19-35-30(39)28-21(3)36-29-26(15-20(2)16-38(28)29)42-18-23-24(33)12-13-25(41-5)27(23)34/h7-13,15-16H,6,14,17-19H2,1-5H3,(H,35,39)(H,37,40). The normalized spacial score (nSPS) is 12.4. The largest absolute Gasteiger partial charge is 0.494 e. The zero-order valence-electron chi connectivity index (χ0n) is 24.9. The summed E-state index contributed by atoms with van der Waals surface area (Å²) in [6.07, 6.45) is 2.50. The molecule has 0 fully saturated rings. The molecule has 11 heteroatoms. The van der Waals surface area contributed by atoms with Crippen LogP contribution in [-0.4, -0.2) is 40.6 Å². The lowest BCUT2D eigenvalue weighted by atomic mass is 9.96. The number of imidazole rings is 1. The van der Waals surface area contributed by atoms with E-state index in [0.717, 1.165) is 23.6 Å². The first-order valence-corrected chi connectivity index (χ1v) is 13.9. The summed E-state index contributed by atoms with van der Waals surface area (Å²) in [4.78, 5) is 30.6. The number of aromatic nitrogens is 2. The number of pyridine rings is 1. The summed E-state index contributed by atoms with van der Waals surface area (Å²) in [7, 11) is 1.30. The molecule has 0 saturated heterocycles. The molecule has 0 saturated carbocycles. The zero-order valence-corrected chi connectivity index (χ0v) is 24.9. The molecule has 4 rings (SSSR count). The number of ether oxygens (including phenoxy) is 3. The van der Waals surface area contributed by atoms with Crippen molar-refractivity contribution in [2.24, 2.45) is 0 Å². The van der Waals surface area contributed by atoms with Crippen molar-refractivity contribution in [3.8, 4) is 11.5 Å². The Labute approximate surface area is 249 Å². The molecule has 2 N–H and O–H groups in total. The number of fused-ring (bicyclic) bond motifs is 1. The molecule has 0 spiro atoms. The number of amides is 2. The van der Waals surface area contributed by atoms with Crippen molar-refractivity contribution in [1.82, 2.24) is 20.0 Å². The molecule has 2 heterocycles. The predicted molar refractivity (Wildman–Crippen MR) is 157 cm³/mol. The van der Waals surface area contributed by atoms with E-state index in [0.29, 0.717) is 17.8 Å². The Balaban J connectivity index is 1.49. The summed E-state index contributed by atoms with van der Waals surface area (Å²) in [5.74, 6) is -1.87. The van der Waals surface area contributed by atoms with Crippen molar-refractivity contribution in [3.63, 3.8) is 0 Å². The predicted octanol–water partition coefficient (Wildman–Crippen LogP) is 6.03. The fourth-order valence-corrected chi connectivity index (χ4v) is 4.87. The number of nitrogens with zero attached hydrogens (tertiary/aromatic N) is 2. The zero-order chi connectivity index (χ0) is 31.1. The highest BCUT2D eigenvalue weighted by molar-refractivity contribution is 5.95. The molecule has 228 valence electrons. The van der Waals surface area contributed by atoms with Gasteiger partial charge in [0.15, 0.2) is 23.0 Å². The fraction of sp³-hybridized carbons (Fsp3) is 0.344. The summed E-state index contributed by atoms with van der Waals surface area (Å²) in [6.45, 7) is 7.17. The van der Waals surface area contributed by atoms with Crippen LogP contribution in [0.25, 0.3) is 5.65 Å². The number of methoxy groups -OCH3 is 1. The molecule has 0 aliphatic heterocycles. The van der Waals surface area contributed by atoms with E-state index in [1.807, 2.05) is 44.2 Å². The average Bonchev–Trinajstić information content (AvgIpc) is 3.31. The Kier molecular flexibility index (Phi) is 9.84. The van der Waals surface area contributed by atoms with Gasteiger partial charge in [0.1, 0.15) is 24.7 Å². The van der Waals surface area contributed by atoms with Crippen molar-refractivity contribution >= 4 is 17.6 Å². The Bertz CT molecular complexity index is 1610. The third-order valence-electron chi connectivity index (χ3n) is 7.01. The maximum Gasteiger partial charge on any atom is 0.407 e. The van der Waals surface area contributed by atoms with E-state index in [4.69, 9.17) is 14.2 Å². The fourth-order valence-electron chi connectivity index (χ4n) is 4.87. The van der Waals surface area contributed by atoms with E-state index in [1.54, 1.807) is 30.5 Å². The van der Waals surface area contributed by atoms with Gasteiger partial charge in [0.25, 0.3) is 5.91 Å². The number of aryl methyl sites for hydroxylation is 2. The minimum Gasteiger partial charge on any atom is -0.494 e. The highest BCUT2D eigenvalue weighted by Gasteiger charge is 2.29. The van der Waals surface area contributed by atoms with Crippen LogP contribution in [0.5, 0.6) is 11.5 Å².